The number of aliphatic imine (C=N–C) groups is 1. The molecule has 2 aromatic heterocycles. The van der Waals surface area contributed by atoms with Crippen molar-refractivity contribution in [1.82, 2.24) is 14.9 Å². The fourth-order valence-electron chi connectivity index (χ4n) is 3.11. The van der Waals surface area contributed by atoms with Crippen LogP contribution in [0.3, 0.4) is 0 Å². The van der Waals surface area contributed by atoms with Crippen LogP contribution in [-0.4, -0.2) is 42.4 Å². The van der Waals surface area contributed by atoms with Gasteiger partial charge in [0.1, 0.15) is 5.82 Å². The molecule has 4 N–H and O–H groups in total. The van der Waals surface area contributed by atoms with Gasteiger partial charge < -0.3 is 20.9 Å². The predicted molar refractivity (Wildman–Crippen MR) is 149 cm³/mol. The van der Waals surface area contributed by atoms with Crippen molar-refractivity contribution in [1.29, 1.82) is 0 Å². The van der Waals surface area contributed by atoms with Gasteiger partial charge in [0.2, 0.25) is 5.56 Å². The zero-order valence-corrected chi connectivity index (χ0v) is 21.1. The molecule has 0 radical (unpaired) electrons. The molecule has 0 aliphatic rings. The lowest BCUT2D eigenvalue weighted by Crippen LogP contribution is -2.22. The van der Waals surface area contributed by atoms with Crippen molar-refractivity contribution < 1.29 is 0 Å². The second-order valence-corrected chi connectivity index (χ2v) is 7.92. The number of benzene rings is 1. The van der Waals surface area contributed by atoms with E-state index in [4.69, 9.17) is 5.73 Å². The van der Waals surface area contributed by atoms with Crippen LogP contribution >= 0.6 is 9.24 Å². The van der Waals surface area contributed by atoms with Crippen molar-refractivity contribution in [3.63, 3.8) is 0 Å². The lowest BCUT2D eigenvalue weighted by atomic mass is 10.1. The van der Waals surface area contributed by atoms with E-state index in [-0.39, 0.29) is 5.56 Å². The Balaban J connectivity index is 0.000000589. The number of hydrogen-bond acceptors (Lipinski definition) is 6. The molecule has 0 saturated heterocycles. The van der Waals surface area contributed by atoms with E-state index in [0.29, 0.717) is 5.82 Å². The van der Waals surface area contributed by atoms with Crippen molar-refractivity contribution in [3.8, 4) is 0 Å². The van der Waals surface area contributed by atoms with Gasteiger partial charge in [0.05, 0.1) is 5.69 Å². The molecule has 2 heterocycles. The highest BCUT2D eigenvalue weighted by atomic mass is 31.0. The molecule has 3 aromatic rings. The number of nitrogens with one attached hydrogen (secondary N) is 2. The maximum absolute atomic E-state index is 11.4. The summed E-state index contributed by atoms with van der Waals surface area (Å²) in [6, 6.07) is 17.5. The fraction of sp³-hybridized carbons (Fsp3) is 0.269. The van der Waals surface area contributed by atoms with Crippen LogP contribution in [0.2, 0.25) is 0 Å². The molecule has 180 valence electrons. The highest BCUT2D eigenvalue weighted by molar-refractivity contribution is 7.21. The van der Waals surface area contributed by atoms with Gasteiger partial charge in [-0.05, 0) is 37.6 Å². The van der Waals surface area contributed by atoms with Gasteiger partial charge in [0.15, 0.2) is 0 Å². The standard InChI is InChI=1S/C20H29N6OP.C6H6/c1-22-11-17(14-28)16-10-18(20(21)25-12-16)24-8-3-7-23-9-6-15-4-5-19(27)26(2)13-15;1-2-4-6-5-3-1/h4-5,10-14,23-24H,3,6-9,28H2,1-2H3,(H2,21,25);1-6H/b17-14+,22-11?;. The van der Waals surface area contributed by atoms with Crippen LogP contribution in [0.5, 0.6) is 0 Å². The third kappa shape index (κ3) is 9.69. The summed E-state index contributed by atoms with van der Waals surface area (Å²) in [5.74, 6) is 2.40. The van der Waals surface area contributed by atoms with Crippen molar-refractivity contribution in [3.05, 3.63) is 94.3 Å². The monoisotopic (exact) mass is 478 g/mol. The Kier molecular flexibility index (Phi) is 12.3. The highest BCUT2D eigenvalue weighted by Crippen LogP contribution is 2.22. The van der Waals surface area contributed by atoms with Gasteiger partial charge in [-0.3, -0.25) is 9.79 Å². The number of rotatable bonds is 10. The molecule has 0 aliphatic heterocycles. The molecule has 8 heteroatoms. The van der Waals surface area contributed by atoms with Crippen molar-refractivity contribution in [2.45, 2.75) is 12.8 Å². The van der Waals surface area contributed by atoms with Gasteiger partial charge in [-0.1, -0.05) is 48.3 Å². The number of nitrogens with two attached hydrogens (primary N) is 1. The third-order valence-electron chi connectivity index (χ3n) is 4.95. The van der Waals surface area contributed by atoms with Crippen LogP contribution in [0.4, 0.5) is 11.5 Å². The van der Waals surface area contributed by atoms with E-state index in [2.05, 4.69) is 29.8 Å². The largest absolute Gasteiger partial charge is 0.382 e. The van der Waals surface area contributed by atoms with Gasteiger partial charge in [0, 0.05) is 56.5 Å². The number of aryl methyl sites for hydroxylation is 1. The molecular weight excluding hydrogens is 443 g/mol. The van der Waals surface area contributed by atoms with E-state index < -0.39 is 0 Å². The summed E-state index contributed by atoms with van der Waals surface area (Å²) >= 11 is 0. The number of allylic oxidation sites excluding steroid dienone is 1. The quantitative estimate of drug-likeness (QED) is 0.235. The van der Waals surface area contributed by atoms with Crippen LogP contribution in [0.25, 0.3) is 5.57 Å². The Morgan fingerprint density at radius 1 is 1.15 bits per heavy atom. The smallest absolute Gasteiger partial charge is 0.250 e. The summed E-state index contributed by atoms with van der Waals surface area (Å²) in [5, 5.41) is 6.77. The molecule has 0 fully saturated rings. The first-order valence-electron chi connectivity index (χ1n) is 11.2. The number of aromatic nitrogens is 2. The van der Waals surface area contributed by atoms with Crippen molar-refractivity contribution >= 4 is 32.5 Å². The second kappa shape index (κ2) is 15.5. The summed E-state index contributed by atoms with van der Waals surface area (Å²) in [5.41, 5.74) is 9.92. The maximum atomic E-state index is 11.4. The fourth-order valence-corrected chi connectivity index (χ4v) is 3.38. The topological polar surface area (TPSA) is 97.3 Å². The van der Waals surface area contributed by atoms with Crippen LogP contribution in [0, 0.1) is 0 Å². The SMILES string of the molecule is CN=C/C(=C\P)c1cnc(N)c(NCCCNCCc2ccc(=O)n(C)c2)c1.c1ccccc1. The summed E-state index contributed by atoms with van der Waals surface area (Å²) in [4.78, 5) is 19.7. The van der Waals surface area contributed by atoms with Crippen LogP contribution in [0.15, 0.2) is 82.6 Å². The van der Waals surface area contributed by atoms with E-state index in [9.17, 15) is 4.79 Å². The molecule has 1 unspecified atom stereocenters. The molecule has 7 nitrogen and oxygen atoms in total. The average molecular weight is 479 g/mol. The predicted octanol–water partition coefficient (Wildman–Crippen LogP) is 3.60. The van der Waals surface area contributed by atoms with Gasteiger partial charge in [0.25, 0.3) is 0 Å². The first-order valence-corrected chi connectivity index (χ1v) is 11.9. The number of anilines is 2. The van der Waals surface area contributed by atoms with E-state index in [1.807, 2.05) is 60.5 Å². The lowest BCUT2D eigenvalue weighted by Gasteiger charge is -2.11. The Hall–Kier alpha value is -3.28. The molecule has 1 aromatic carbocycles. The Bertz CT molecular complexity index is 1090. The number of hydrogen-bond donors (Lipinski definition) is 3. The Morgan fingerprint density at radius 2 is 1.85 bits per heavy atom. The van der Waals surface area contributed by atoms with Gasteiger partial charge in [-0.2, -0.15) is 0 Å². The van der Waals surface area contributed by atoms with Gasteiger partial charge in [-0.15, -0.1) is 9.24 Å². The molecule has 0 saturated carbocycles. The minimum Gasteiger partial charge on any atom is -0.382 e. The van der Waals surface area contributed by atoms with Crippen LogP contribution in [-0.2, 0) is 13.5 Å². The lowest BCUT2D eigenvalue weighted by molar-refractivity contribution is 0.657. The van der Waals surface area contributed by atoms with Crippen molar-refractivity contribution in [2.24, 2.45) is 12.0 Å². The maximum Gasteiger partial charge on any atom is 0.250 e. The molecular formula is C26H35N6OP. The summed E-state index contributed by atoms with van der Waals surface area (Å²) < 4.78 is 1.61. The second-order valence-electron chi connectivity index (χ2n) is 7.59. The average Bonchev–Trinajstić information content (AvgIpc) is 2.86. The minimum atomic E-state index is 0.0166. The Morgan fingerprint density at radius 3 is 2.47 bits per heavy atom. The molecule has 0 amide bonds. The Labute approximate surface area is 204 Å². The molecule has 34 heavy (non-hydrogen) atoms. The summed E-state index contributed by atoms with van der Waals surface area (Å²) in [7, 11) is 6.10. The van der Waals surface area contributed by atoms with Gasteiger partial charge in [-0.25, -0.2) is 4.98 Å². The first kappa shape index (κ1) is 27.0. The van der Waals surface area contributed by atoms with Crippen LogP contribution < -0.4 is 21.9 Å². The molecule has 0 aliphatic carbocycles. The van der Waals surface area contributed by atoms with E-state index in [1.165, 1.54) is 0 Å². The number of nitrogen functional groups attached to an aromatic ring is 1. The van der Waals surface area contributed by atoms with E-state index in [1.54, 1.807) is 37.1 Å². The number of nitrogens with zero attached hydrogens (tertiary/aromatic N) is 3. The zero-order valence-electron chi connectivity index (χ0n) is 19.9. The highest BCUT2D eigenvalue weighted by Gasteiger charge is 2.05. The molecule has 3 rings (SSSR count). The summed E-state index contributed by atoms with van der Waals surface area (Å²) in [6.45, 7) is 2.56. The van der Waals surface area contributed by atoms with Gasteiger partial charge >= 0.3 is 0 Å². The number of pyridine rings is 2. The van der Waals surface area contributed by atoms with Crippen LogP contribution in [0.1, 0.15) is 17.5 Å². The van der Waals surface area contributed by atoms with E-state index >= 15 is 0 Å². The normalized spacial score (nSPS) is 11.2. The minimum absolute atomic E-state index is 0.0166. The molecule has 1 atom stereocenters. The third-order valence-corrected chi connectivity index (χ3v) is 5.31. The summed E-state index contributed by atoms with van der Waals surface area (Å²) in [6.07, 6.45) is 7.27. The zero-order chi connectivity index (χ0) is 24.6. The molecule has 0 bridgehead atoms. The van der Waals surface area contributed by atoms with Crippen molar-refractivity contribution in [2.75, 3.05) is 37.7 Å². The molecule has 0 spiro atoms. The van der Waals surface area contributed by atoms with E-state index in [0.717, 1.165) is 54.9 Å². The first-order chi connectivity index (χ1) is 16.5.